The number of hydrogen-bond acceptors (Lipinski definition) is 11. The highest BCUT2D eigenvalue weighted by molar-refractivity contribution is 8.00. The fourth-order valence-corrected chi connectivity index (χ4v) is 9.09. The molecule has 4 atom stereocenters. The van der Waals surface area contributed by atoms with E-state index in [1.807, 2.05) is 19.9 Å². The van der Waals surface area contributed by atoms with Gasteiger partial charge in [-0.1, -0.05) is 51.3 Å². The van der Waals surface area contributed by atoms with Gasteiger partial charge < -0.3 is 26.4 Å². The third-order valence-electron chi connectivity index (χ3n) is 11.4. The highest BCUT2D eigenvalue weighted by atomic mass is 32.2. The van der Waals surface area contributed by atoms with Crippen molar-refractivity contribution >= 4 is 64.7 Å². The fourth-order valence-electron chi connectivity index (χ4n) is 7.90. The molecule has 2 unspecified atom stereocenters. The predicted octanol–water partition coefficient (Wildman–Crippen LogP) is 3.64. The van der Waals surface area contributed by atoms with Crippen LogP contribution in [0.4, 0.5) is 5.69 Å². The van der Waals surface area contributed by atoms with E-state index < -0.39 is 23.6 Å². The van der Waals surface area contributed by atoms with E-state index in [4.69, 9.17) is 0 Å². The van der Waals surface area contributed by atoms with Gasteiger partial charge in [0.25, 0.3) is 11.8 Å². The Hall–Kier alpha value is -4.61. The lowest BCUT2D eigenvalue weighted by atomic mass is 9.81. The Kier molecular flexibility index (Phi) is 20.9. The number of nitrogens with zero attached hydrogens (tertiary/aromatic N) is 2. The van der Waals surface area contributed by atoms with E-state index in [-0.39, 0.29) is 75.4 Å². The number of rotatable bonds is 24. The molecule has 61 heavy (non-hydrogen) atoms. The zero-order chi connectivity index (χ0) is 44.1. The maximum Gasteiger partial charge on any atom is 0.253 e. The van der Waals surface area contributed by atoms with Crippen molar-refractivity contribution in [2.24, 2.45) is 11.8 Å². The Morgan fingerprint density at radius 1 is 0.869 bits per heavy atom. The first-order chi connectivity index (χ1) is 29.5. The molecule has 17 heteroatoms. The second kappa shape index (κ2) is 26.0. The van der Waals surface area contributed by atoms with Crippen molar-refractivity contribution in [2.75, 3.05) is 37.2 Å². The molecule has 1 aromatic carbocycles. The van der Waals surface area contributed by atoms with E-state index in [0.29, 0.717) is 75.5 Å². The number of imide groups is 2. The molecule has 6 N–H and O–H groups in total. The van der Waals surface area contributed by atoms with Gasteiger partial charge in [-0.15, -0.1) is 11.8 Å². The van der Waals surface area contributed by atoms with E-state index in [9.17, 15) is 43.5 Å². The molecule has 4 aliphatic rings. The lowest BCUT2D eigenvalue weighted by Gasteiger charge is -2.32. The minimum Gasteiger partial charge on any atom is -0.378 e. The van der Waals surface area contributed by atoms with E-state index >= 15 is 0 Å². The van der Waals surface area contributed by atoms with Gasteiger partial charge in [0, 0.05) is 66.1 Å². The van der Waals surface area contributed by atoms with Crippen molar-refractivity contribution < 1.29 is 46.3 Å². The monoisotopic (exact) mass is 871 g/mol. The van der Waals surface area contributed by atoms with Crippen LogP contribution in [-0.2, 0) is 38.4 Å². The minimum absolute atomic E-state index is 0. The van der Waals surface area contributed by atoms with Crippen LogP contribution in [0.3, 0.4) is 0 Å². The SMILES string of the molecule is CC.O=C(CCCCCN1C(=O)CC(SCCCCC[C@H](NC(=O)[C@H]2CCC(=O)N2)C(=O)Nc2ccccc2)C1=O)NCC1CCC(C(O)NCCN2C(=O)C=CC2=O)CC1.[HH].[HH]. The van der Waals surface area contributed by atoms with Gasteiger partial charge in [0.1, 0.15) is 18.3 Å². The molecule has 1 saturated carbocycles. The number of unbranched alkanes of at least 4 members (excludes halogenated alkanes) is 4. The van der Waals surface area contributed by atoms with Crippen LogP contribution in [0.5, 0.6) is 0 Å². The van der Waals surface area contributed by atoms with E-state index in [0.717, 1.165) is 49.8 Å². The van der Waals surface area contributed by atoms with Gasteiger partial charge in [-0.25, -0.2) is 0 Å². The van der Waals surface area contributed by atoms with Crippen LogP contribution in [0.25, 0.3) is 0 Å². The molecular weight excluding hydrogens is 803 g/mol. The first-order valence-electron chi connectivity index (χ1n) is 22.1. The number of anilines is 1. The fraction of sp³-hybridized carbons (Fsp3) is 0.636. The van der Waals surface area contributed by atoms with E-state index in [1.54, 1.807) is 24.3 Å². The third-order valence-corrected chi connectivity index (χ3v) is 12.7. The molecule has 0 spiro atoms. The van der Waals surface area contributed by atoms with Crippen LogP contribution >= 0.6 is 11.8 Å². The molecule has 3 heterocycles. The number of amides is 8. The smallest absolute Gasteiger partial charge is 0.253 e. The molecule has 0 radical (unpaired) electrons. The Bertz CT molecular complexity index is 1680. The quantitative estimate of drug-likeness (QED) is 0.0500. The summed E-state index contributed by atoms with van der Waals surface area (Å²) in [5.74, 6) is -0.826. The molecule has 1 aromatic rings. The Morgan fingerprint density at radius 2 is 1.57 bits per heavy atom. The van der Waals surface area contributed by atoms with Crippen molar-refractivity contribution in [3.05, 3.63) is 42.5 Å². The molecule has 2 saturated heterocycles. The van der Waals surface area contributed by atoms with Gasteiger partial charge in [-0.2, -0.15) is 0 Å². The van der Waals surface area contributed by atoms with E-state index in [2.05, 4.69) is 26.6 Å². The molecule has 3 fully saturated rings. The van der Waals surface area contributed by atoms with Gasteiger partial charge in [0.05, 0.1) is 5.25 Å². The average Bonchev–Trinajstić information content (AvgIpc) is 3.93. The van der Waals surface area contributed by atoms with Crippen LogP contribution in [0.15, 0.2) is 42.5 Å². The first-order valence-corrected chi connectivity index (χ1v) is 23.2. The van der Waals surface area contributed by atoms with Crippen LogP contribution in [0, 0.1) is 11.8 Å². The molecule has 8 amide bonds. The second-order valence-electron chi connectivity index (χ2n) is 15.8. The van der Waals surface area contributed by atoms with Gasteiger partial charge in [0.2, 0.25) is 35.4 Å². The third kappa shape index (κ3) is 16.0. The molecule has 0 aromatic heterocycles. The number of thioether (sulfide) groups is 1. The predicted molar refractivity (Wildman–Crippen MR) is 237 cm³/mol. The number of aliphatic hydroxyl groups excluding tert-OH is 1. The molecule has 1 aliphatic carbocycles. The molecular formula is C44H69N7O9S. The summed E-state index contributed by atoms with van der Waals surface area (Å²) in [5.41, 5.74) is 0.621. The number of hydrogen-bond donors (Lipinski definition) is 6. The van der Waals surface area contributed by atoms with Crippen molar-refractivity contribution in [2.45, 2.75) is 134 Å². The number of carbonyl (C=O) groups is 8. The Morgan fingerprint density at radius 3 is 2.26 bits per heavy atom. The largest absolute Gasteiger partial charge is 0.378 e. The Balaban J connectivity index is 0.00000336. The maximum atomic E-state index is 13.1. The van der Waals surface area contributed by atoms with Crippen LogP contribution in [0.1, 0.15) is 113 Å². The molecule has 3 aliphatic heterocycles. The molecule has 0 bridgehead atoms. The summed E-state index contributed by atoms with van der Waals surface area (Å²) in [7, 11) is 0. The van der Waals surface area contributed by atoms with Crippen molar-refractivity contribution in [1.29, 1.82) is 0 Å². The summed E-state index contributed by atoms with van der Waals surface area (Å²) in [5, 5.41) is 24.5. The first kappa shape index (κ1) is 49.0. The Labute approximate surface area is 366 Å². The lowest BCUT2D eigenvalue weighted by molar-refractivity contribution is -0.139. The molecule has 5 rings (SSSR count). The number of benzene rings is 1. The summed E-state index contributed by atoms with van der Waals surface area (Å²) in [4.78, 5) is 102. The van der Waals surface area contributed by atoms with Gasteiger partial charge in [0.15, 0.2) is 0 Å². The van der Waals surface area contributed by atoms with Gasteiger partial charge >= 0.3 is 0 Å². The lowest BCUT2D eigenvalue weighted by Crippen LogP contribution is -2.50. The highest BCUT2D eigenvalue weighted by Gasteiger charge is 2.38. The van der Waals surface area contributed by atoms with E-state index in [1.165, 1.54) is 28.8 Å². The average molecular weight is 872 g/mol. The second-order valence-corrected chi connectivity index (χ2v) is 17.1. The maximum absolute atomic E-state index is 13.1. The molecule has 16 nitrogen and oxygen atoms in total. The van der Waals surface area contributed by atoms with Crippen LogP contribution in [0.2, 0.25) is 0 Å². The zero-order valence-electron chi connectivity index (χ0n) is 35.7. The highest BCUT2D eigenvalue weighted by Crippen LogP contribution is 2.30. The number of para-hydroxylation sites is 1. The molecule has 340 valence electrons. The number of carbonyl (C=O) groups excluding carboxylic acids is 8. The van der Waals surface area contributed by atoms with Gasteiger partial charge in [-0.3, -0.25) is 53.5 Å². The summed E-state index contributed by atoms with van der Waals surface area (Å²) in [6, 6.07) is 7.57. The van der Waals surface area contributed by atoms with Crippen molar-refractivity contribution in [3.63, 3.8) is 0 Å². The van der Waals surface area contributed by atoms with Crippen LogP contribution in [-0.4, -0.2) is 118 Å². The van der Waals surface area contributed by atoms with Crippen molar-refractivity contribution in [1.82, 2.24) is 31.1 Å². The topological polar surface area (TPSA) is 223 Å². The minimum atomic E-state index is -0.771. The number of likely N-dealkylation sites (tertiary alicyclic amines) is 1. The normalized spacial score (nSPS) is 22.1. The van der Waals surface area contributed by atoms with Crippen LogP contribution < -0.4 is 26.6 Å². The zero-order valence-corrected chi connectivity index (χ0v) is 36.5. The number of aliphatic hydroxyl groups is 1. The summed E-state index contributed by atoms with van der Waals surface area (Å²) >= 11 is 1.47. The van der Waals surface area contributed by atoms with Gasteiger partial charge in [-0.05, 0) is 87.5 Å². The number of nitrogens with one attached hydrogen (secondary N) is 5. The standard InChI is InChI=1S/C42H59N7O9S.C2H6.2H2/c50-34(44-27-28-14-16-29(17-15-28)39(55)43-22-24-48-36(52)20-21-37(48)53)13-7-2-8-23-49-38(54)26-33(42(49)58)59-25-9-3-6-12-31(40(56)45-30-10-4-1-5-11-30)47-41(57)32-18-19-35(51)46-32;1-2;;/h1,4-5,10-11,20-21,28-29,31-33,39,43,55H,2-3,6-9,12-19,22-27H2,(H,44,50)(H,45,56)(H,46,51)(H,47,57);1-2H3;2*1H/t28?,29?,31-,32+,33?,39?;;;/m0.../s1. The summed E-state index contributed by atoms with van der Waals surface area (Å²) in [6.45, 7) is 5.46. The summed E-state index contributed by atoms with van der Waals surface area (Å²) < 4.78 is 0. The summed E-state index contributed by atoms with van der Waals surface area (Å²) in [6.07, 6.45) is 11.0. The van der Waals surface area contributed by atoms with Crippen molar-refractivity contribution in [3.8, 4) is 0 Å².